The highest BCUT2D eigenvalue weighted by atomic mass is 14.0. The molecule has 0 saturated heterocycles. The van der Waals surface area contributed by atoms with Gasteiger partial charge in [0, 0.05) is 0 Å². The fourth-order valence-electron chi connectivity index (χ4n) is 1.42. The van der Waals surface area contributed by atoms with Gasteiger partial charge in [0.2, 0.25) is 0 Å². The van der Waals surface area contributed by atoms with Crippen LogP contribution < -0.4 is 10.4 Å². The van der Waals surface area contributed by atoms with Gasteiger partial charge in [-0.15, -0.1) is 0 Å². The van der Waals surface area contributed by atoms with Gasteiger partial charge >= 0.3 is 0 Å². The Kier molecular flexibility index (Phi) is 3.08. The monoisotopic (exact) mass is 184 g/mol. The van der Waals surface area contributed by atoms with Crippen molar-refractivity contribution in [3.63, 3.8) is 0 Å². The number of hydrogen-bond acceptors (Lipinski definition) is 0. The second kappa shape index (κ2) is 4.10. The summed E-state index contributed by atoms with van der Waals surface area (Å²) in [6.45, 7) is 15.7. The Morgan fingerprint density at radius 1 is 1.36 bits per heavy atom. The molecule has 0 bridgehead atoms. The summed E-state index contributed by atoms with van der Waals surface area (Å²) < 4.78 is 0. The highest BCUT2D eigenvalue weighted by Gasteiger charge is 1.94. The molecule has 0 heteroatoms. The fourth-order valence-corrected chi connectivity index (χ4v) is 1.42. The summed E-state index contributed by atoms with van der Waals surface area (Å²) in [5, 5.41) is 2.20. The lowest BCUT2D eigenvalue weighted by Gasteiger charge is -2.01. The number of allylic oxidation sites excluding steroid dienone is 1. The number of benzene rings is 1. The van der Waals surface area contributed by atoms with E-state index in [0.29, 0.717) is 0 Å². The van der Waals surface area contributed by atoms with E-state index in [1.165, 1.54) is 5.56 Å². The van der Waals surface area contributed by atoms with Gasteiger partial charge in [0.15, 0.2) is 0 Å². The molecular formula is C14H16. The van der Waals surface area contributed by atoms with Crippen molar-refractivity contribution in [2.45, 2.75) is 13.8 Å². The van der Waals surface area contributed by atoms with Gasteiger partial charge in [0.1, 0.15) is 0 Å². The molecule has 0 N–H and O–H groups in total. The summed E-state index contributed by atoms with van der Waals surface area (Å²) in [5.41, 5.74) is 3.38. The van der Waals surface area contributed by atoms with E-state index in [1.807, 2.05) is 19.1 Å². The van der Waals surface area contributed by atoms with Crippen molar-refractivity contribution in [1.29, 1.82) is 0 Å². The average Bonchev–Trinajstić information content (AvgIpc) is 2.13. The standard InChI is InChI=1S/C14H16/c1-6-13-7-8-14(9-10(2)3)12(5)11(13)4/h6-9H,1-2,5H2,3-4H3/b14-9-. The van der Waals surface area contributed by atoms with Crippen LogP contribution in [0.5, 0.6) is 0 Å². The molecule has 0 atom stereocenters. The van der Waals surface area contributed by atoms with Crippen molar-refractivity contribution in [2.75, 3.05) is 0 Å². The fraction of sp³-hybridized carbons (Fsp3) is 0.143. The van der Waals surface area contributed by atoms with Gasteiger partial charge in [0.25, 0.3) is 0 Å². The van der Waals surface area contributed by atoms with Crippen LogP contribution in [0, 0.1) is 6.92 Å². The third kappa shape index (κ3) is 2.02. The van der Waals surface area contributed by atoms with Crippen molar-refractivity contribution in [1.82, 2.24) is 0 Å². The Hall–Kier alpha value is -1.56. The molecule has 1 rings (SSSR count). The minimum absolute atomic E-state index is 1.04. The first-order valence-corrected chi connectivity index (χ1v) is 4.64. The lowest BCUT2D eigenvalue weighted by molar-refractivity contribution is 1.35. The maximum atomic E-state index is 4.06. The summed E-state index contributed by atoms with van der Waals surface area (Å²) in [4.78, 5) is 0. The van der Waals surface area contributed by atoms with Gasteiger partial charge in [0.05, 0.1) is 0 Å². The summed E-state index contributed by atoms with van der Waals surface area (Å²) in [5.74, 6) is 0. The molecule has 0 saturated carbocycles. The zero-order chi connectivity index (χ0) is 10.7. The second-order valence-corrected chi connectivity index (χ2v) is 3.54. The molecule has 0 unspecified atom stereocenters. The molecule has 0 nitrogen and oxygen atoms in total. The molecule has 0 heterocycles. The van der Waals surface area contributed by atoms with Crippen LogP contribution >= 0.6 is 0 Å². The number of hydrogen-bond donors (Lipinski definition) is 0. The predicted molar refractivity (Wildman–Crippen MR) is 65.3 cm³/mol. The van der Waals surface area contributed by atoms with Crippen LogP contribution in [0.25, 0.3) is 18.7 Å². The molecule has 0 radical (unpaired) electrons. The molecule has 1 aromatic carbocycles. The largest absolute Gasteiger partial charge is 0.0985 e. The zero-order valence-corrected chi connectivity index (χ0v) is 8.93. The van der Waals surface area contributed by atoms with E-state index in [0.717, 1.165) is 21.6 Å². The quantitative estimate of drug-likeness (QED) is 0.662. The Balaban J connectivity index is 3.54. The minimum atomic E-state index is 1.04. The summed E-state index contributed by atoms with van der Waals surface area (Å²) in [6, 6.07) is 4.12. The first-order valence-electron chi connectivity index (χ1n) is 4.64. The smallest absolute Gasteiger partial charge is 0.0184 e. The van der Waals surface area contributed by atoms with Crippen LogP contribution in [-0.2, 0) is 0 Å². The first-order chi connectivity index (χ1) is 6.56. The van der Waals surface area contributed by atoms with Crippen LogP contribution in [0.15, 0.2) is 30.9 Å². The van der Waals surface area contributed by atoms with Gasteiger partial charge in [-0.05, 0) is 35.4 Å². The van der Waals surface area contributed by atoms with Crippen LogP contribution in [0.2, 0.25) is 0 Å². The Bertz CT molecular complexity index is 475. The summed E-state index contributed by atoms with van der Waals surface area (Å²) in [6.07, 6.45) is 3.90. The maximum absolute atomic E-state index is 4.06. The van der Waals surface area contributed by atoms with Gasteiger partial charge in [-0.25, -0.2) is 0 Å². The molecule has 0 aliphatic carbocycles. The molecule has 0 aliphatic rings. The van der Waals surface area contributed by atoms with E-state index < -0.39 is 0 Å². The SMILES string of the molecule is C=Cc1cc/c(=C/C(=C)C)c(=C)c1C. The van der Waals surface area contributed by atoms with E-state index >= 15 is 0 Å². The Morgan fingerprint density at radius 2 is 2.00 bits per heavy atom. The molecule has 0 spiro atoms. The lowest BCUT2D eigenvalue weighted by atomic mass is 10.0. The minimum Gasteiger partial charge on any atom is -0.0985 e. The molecule has 72 valence electrons. The Labute approximate surface area is 85.6 Å². The van der Waals surface area contributed by atoms with Crippen LogP contribution in [0.1, 0.15) is 18.1 Å². The van der Waals surface area contributed by atoms with Crippen LogP contribution in [0.3, 0.4) is 0 Å². The molecular weight excluding hydrogens is 168 g/mol. The molecule has 0 aliphatic heterocycles. The molecule has 14 heavy (non-hydrogen) atoms. The summed E-state index contributed by atoms with van der Waals surface area (Å²) in [7, 11) is 0. The van der Waals surface area contributed by atoms with Crippen LogP contribution in [-0.4, -0.2) is 0 Å². The average molecular weight is 184 g/mol. The number of rotatable bonds is 2. The summed E-state index contributed by atoms with van der Waals surface area (Å²) >= 11 is 0. The molecule has 0 amide bonds. The van der Waals surface area contributed by atoms with Crippen LogP contribution in [0.4, 0.5) is 0 Å². The van der Waals surface area contributed by atoms with Gasteiger partial charge in [-0.1, -0.05) is 49.6 Å². The highest BCUT2D eigenvalue weighted by Crippen LogP contribution is 2.01. The van der Waals surface area contributed by atoms with Crippen molar-refractivity contribution in [3.05, 3.63) is 52.4 Å². The lowest BCUT2D eigenvalue weighted by Crippen LogP contribution is -2.26. The van der Waals surface area contributed by atoms with E-state index in [1.54, 1.807) is 0 Å². The van der Waals surface area contributed by atoms with Crippen molar-refractivity contribution >= 4 is 18.7 Å². The van der Waals surface area contributed by atoms with Crippen molar-refractivity contribution < 1.29 is 0 Å². The Morgan fingerprint density at radius 3 is 2.50 bits per heavy atom. The van der Waals surface area contributed by atoms with E-state index in [-0.39, 0.29) is 0 Å². The zero-order valence-electron chi connectivity index (χ0n) is 8.93. The van der Waals surface area contributed by atoms with Crippen molar-refractivity contribution in [2.24, 2.45) is 0 Å². The predicted octanol–water partition coefficient (Wildman–Crippen LogP) is 2.40. The molecule has 0 aromatic heterocycles. The molecule has 1 aromatic rings. The first kappa shape index (κ1) is 10.5. The van der Waals surface area contributed by atoms with Crippen molar-refractivity contribution in [3.8, 4) is 0 Å². The highest BCUT2D eigenvalue weighted by molar-refractivity contribution is 5.54. The van der Waals surface area contributed by atoms with E-state index in [2.05, 4.69) is 38.8 Å². The third-order valence-corrected chi connectivity index (χ3v) is 2.30. The van der Waals surface area contributed by atoms with E-state index in [9.17, 15) is 0 Å². The topological polar surface area (TPSA) is 0 Å². The third-order valence-electron chi connectivity index (χ3n) is 2.30. The van der Waals surface area contributed by atoms with Gasteiger partial charge < -0.3 is 0 Å². The normalized spacial score (nSPS) is 11.4. The van der Waals surface area contributed by atoms with Gasteiger partial charge in [-0.3, -0.25) is 0 Å². The molecule has 0 fully saturated rings. The van der Waals surface area contributed by atoms with Gasteiger partial charge in [-0.2, -0.15) is 0 Å². The second-order valence-electron chi connectivity index (χ2n) is 3.54. The maximum Gasteiger partial charge on any atom is -0.0184 e. The van der Waals surface area contributed by atoms with E-state index in [4.69, 9.17) is 0 Å².